The highest BCUT2D eigenvalue weighted by atomic mass is 32.2. The van der Waals surface area contributed by atoms with Crippen molar-refractivity contribution in [2.45, 2.75) is 185 Å². The van der Waals surface area contributed by atoms with Crippen LogP contribution in [0, 0.1) is 0 Å². The largest absolute Gasteiger partial charge is 0.462 e. The fourth-order valence-electron chi connectivity index (χ4n) is 6.06. The topological polar surface area (TPSA) is 186 Å². The Hall–Kier alpha value is -2.65. The molecule has 1 heterocycles. The van der Waals surface area contributed by atoms with Crippen LogP contribution in [-0.2, 0) is 38.7 Å². The molecular formula is C44H74O12S. The molecule has 1 aliphatic heterocycles. The summed E-state index contributed by atoms with van der Waals surface area (Å²) < 4.78 is 53.9. The molecule has 13 heteroatoms. The Kier molecular flexibility index (Phi) is 31.5. The van der Waals surface area contributed by atoms with Gasteiger partial charge in [-0.2, -0.15) is 8.42 Å². The second kappa shape index (κ2) is 34.2. The van der Waals surface area contributed by atoms with Gasteiger partial charge >= 0.3 is 11.9 Å². The second-order valence-electron chi connectivity index (χ2n) is 14.6. The number of esters is 2. The van der Waals surface area contributed by atoms with Crippen LogP contribution in [0.25, 0.3) is 0 Å². The molecule has 0 spiro atoms. The number of aliphatic hydroxyl groups is 3. The highest BCUT2D eigenvalue weighted by Gasteiger charge is 2.46. The summed E-state index contributed by atoms with van der Waals surface area (Å²) >= 11 is 0. The second-order valence-corrected chi connectivity index (χ2v) is 16.1. The summed E-state index contributed by atoms with van der Waals surface area (Å²) in [6.07, 6.45) is 31.3. The summed E-state index contributed by atoms with van der Waals surface area (Å²) in [5.41, 5.74) is 0. The number of hydrogen-bond donors (Lipinski definition) is 4. The third kappa shape index (κ3) is 29.2. The van der Waals surface area contributed by atoms with Crippen LogP contribution >= 0.6 is 0 Å². The number of ether oxygens (including phenoxy) is 4. The van der Waals surface area contributed by atoms with Crippen molar-refractivity contribution < 1.29 is 56.8 Å². The lowest BCUT2D eigenvalue weighted by molar-refractivity contribution is -0.297. The Labute approximate surface area is 343 Å². The molecule has 0 aromatic carbocycles. The van der Waals surface area contributed by atoms with E-state index in [-0.39, 0.29) is 19.4 Å². The lowest BCUT2D eigenvalue weighted by Crippen LogP contribution is -2.60. The van der Waals surface area contributed by atoms with Gasteiger partial charge in [0.2, 0.25) is 0 Å². The van der Waals surface area contributed by atoms with Gasteiger partial charge in [0.15, 0.2) is 12.4 Å². The minimum Gasteiger partial charge on any atom is -0.462 e. The lowest BCUT2D eigenvalue weighted by atomic mass is 10.00. The van der Waals surface area contributed by atoms with Gasteiger partial charge in [0.25, 0.3) is 10.1 Å². The Morgan fingerprint density at radius 1 is 0.614 bits per heavy atom. The smallest absolute Gasteiger partial charge is 0.306 e. The van der Waals surface area contributed by atoms with Crippen LogP contribution in [-0.4, -0.2) is 96.0 Å². The molecule has 4 N–H and O–H groups in total. The number of unbranched alkanes of at least 4 members (excludes halogenated alkanes) is 12. The Bertz CT molecular complexity index is 1290. The zero-order valence-electron chi connectivity index (χ0n) is 34.7. The summed E-state index contributed by atoms with van der Waals surface area (Å²) in [6, 6.07) is 0. The van der Waals surface area contributed by atoms with Crippen molar-refractivity contribution in [1.82, 2.24) is 0 Å². The summed E-state index contributed by atoms with van der Waals surface area (Å²) in [5.74, 6) is -2.06. The molecule has 0 aliphatic carbocycles. The Morgan fingerprint density at radius 2 is 1.11 bits per heavy atom. The van der Waals surface area contributed by atoms with Crippen LogP contribution in [0.4, 0.5) is 0 Å². The van der Waals surface area contributed by atoms with Crippen LogP contribution in [0.1, 0.15) is 149 Å². The molecule has 0 radical (unpaired) electrons. The third-order valence-corrected chi connectivity index (χ3v) is 10.1. The normalized spacial score (nSPS) is 21.1. The van der Waals surface area contributed by atoms with Gasteiger partial charge in [-0.15, -0.1) is 0 Å². The average molecular weight is 827 g/mol. The van der Waals surface area contributed by atoms with Gasteiger partial charge in [0.05, 0.1) is 6.61 Å². The van der Waals surface area contributed by atoms with Gasteiger partial charge in [-0.1, -0.05) is 145 Å². The molecule has 0 bridgehead atoms. The van der Waals surface area contributed by atoms with Crippen LogP contribution < -0.4 is 0 Å². The zero-order chi connectivity index (χ0) is 42.0. The van der Waals surface area contributed by atoms with E-state index in [9.17, 15) is 37.9 Å². The van der Waals surface area contributed by atoms with E-state index in [4.69, 9.17) is 18.9 Å². The minimum atomic E-state index is -4.61. The van der Waals surface area contributed by atoms with Gasteiger partial charge in [-0.25, -0.2) is 0 Å². The first-order valence-electron chi connectivity index (χ1n) is 21.3. The summed E-state index contributed by atoms with van der Waals surface area (Å²) in [5, 5.41) is 30.8. The van der Waals surface area contributed by atoms with E-state index in [1.54, 1.807) is 0 Å². The van der Waals surface area contributed by atoms with E-state index in [2.05, 4.69) is 62.5 Å². The molecule has 1 saturated heterocycles. The maximum Gasteiger partial charge on any atom is 0.306 e. The van der Waals surface area contributed by atoms with Crippen LogP contribution in [0.15, 0.2) is 60.8 Å². The van der Waals surface area contributed by atoms with Gasteiger partial charge in [-0.3, -0.25) is 14.1 Å². The van der Waals surface area contributed by atoms with Gasteiger partial charge in [0.1, 0.15) is 36.8 Å². The van der Waals surface area contributed by atoms with Crippen molar-refractivity contribution in [1.29, 1.82) is 0 Å². The van der Waals surface area contributed by atoms with Crippen LogP contribution in [0.5, 0.6) is 0 Å². The van der Waals surface area contributed by atoms with E-state index in [1.807, 2.05) is 12.2 Å². The van der Waals surface area contributed by atoms with Crippen molar-refractivity contribution in [3.63, 3.8) is 0 Å². The fraction of sp³-hybridized carbons (Fsp3) is 0.727. The van der Waals surface area contributed by atoms with E-state index < -0.39 is 71.2 Å². The lowest BCUT2D eigenvalue weighted by Gasteiger charge is -2.40. The minimum absolute atomic E-state index is 0.0848. The van der Waals surface area contributed by atoms with Crippen molar-refractivity contribution in [2.24, 2.45) is 0 Å². The van der Waals surface area contributed by atoms with E-state index in [0.29, 0.717) is 19.3 Å². The molecule has 0 aromatic heterocycles. The maximum absolute atomic E-state index is 12.8. The van der Waals surface area contributed by atoms with E-state index in [0.717, 1.165) is 51.4 Å². The molecule has 1 fully saturated rings. The summed E-state index contributed by atoms with van der Waals surface area (Å²) in [4.78, 5) is 25.3. The number of hydrogen-bond acceptors (Lipinski definition) is 11. The van der Waals surface area contributed by atoms with Crippen molar-refractivity contribution in [3.05, 3.63) is 60.8 Å². The molecule has 1 aliphatic rings. The molecule has 12 nitrogen and oxygen atoms in total. The Balaban J connectivity index is 2.53. The molecular weight excluding hydrogens is 753 g/mol. The number of aliphatic hydroxyl groups excluding tert-OH is 3. The molecule has 57 heavy (non-hydrogen) atoms. The molecule has 6 unspecified atom stereocenters. The number of rotatable bonds is 34. The first kappa shape index (κ1) is 52.4. The van der Waals surface area contributed by atoms with Crippen LogP contribution in [0.2, 0.25) is 0 Å². The van der Waals surface area contributed by atoms with Gasteiger partial charge in [0, 0.05) is 12.8 Å². The first-order chi connectivity index (χ1) is 27.5. The van der Waals surface area contributed by atoms with Crippen molar-refractivity contribution in [2.75, 3.05) is 19.0 Å². The predicted octanol–water partition coefficient (Wildman–Crippen LogP) is 8.17. The molecule has 6 atom stereocenters. The number of carbonyl (C=O) groups is 2. The molecule has 1 rings (SSSR count). The summed E-state index contributed by atoms with van der Waals surface area (Å²) in [6.45, 7) is 3.57. The van der Waals surface area contributed by atoms with Crippen molar-refractivity contribution >= 4 is 22.1 Å². The van der Waals surface area contributed by atoms with Gasteiger partial charge < -0.3 is 34.3 Å². The SMILES string of the molecule is CC/C=C\C/C=C\C/C=C\C/C=C\C/C=C\CCCC(=O)OC(COC(=O)CCCCCCCCCCCCCC)COC1OC(CS(=O)(=O)O)C(O)C(O)C1O. The Morgan fingerprint density at radius 3 is 1.63 bits per heavy atom. The van der Waals surface area contributed by atoms with Crippen LogP contribution in [0.3, 0.4) is 0 Å². The van der Waals surface area contributed by atoms with E-state index in [1.165, 1.54) is 51.4 Å². The monoisotopic (exact) mass is 826 g/mol. The predicted molar refractivity (Wildman–Crippen MR) is 224 cm³/mol. The maximum atomic E-state index is 12.8. The molecule has 328 valence electrons. The number of carbonyl (C=O) groups excluding carboxylic acids is 2. The summed E-state index contributed by atoms with van der Waals surface area (Å²) in [7, 11) is -4.61. The molecule has 0 amide bonds. The highest BCUT2D eigenvalue weighted by molar-refractivity contribution is 7.85. The number of allylic oxidation sites excluding steroid dienone is 10. The zero-order valence-corrected chi connectivity index (χ0v) is 35.5. The first-order valence-corrected chi connectivity index (χ1v) is 23.0. The molecule has 0 saturated carbocycles. The van der Waals surface area contributed by atoms with E-state index >= 15 is 0 Å². The molecule has 0 aromatic rings. The average Bonchev–Trinajstić information content (AvgIpc) is 3.17. The fourth-order valence-corrected chi connectivity index (χ4v) is 6.75. The van der Waals surface area contributed by atoms with Crippen molar-refractivity contribution in [3.8, 4) is 0 Å². The third-order valence-electron chi connectivity index (χ3n) is 9.36. The highest BCUT2D eigenvalue weighted by Crippen LogP contribution is 2.24. The standard InChI is InChI=1S/C44H74O12S/c1-3-5-7-9-11-13-15-17-18-19-20-21-23-25-27-29-31-33-40(46)55-37(35-54-44-43(49)42(48)41(47)38(56-44)36-57(50,51)52)34-53-39(45)32-30-28-26-24-22-16-14-12-10-8-6-4-2/h5,7,11,13,17-18,20-21,25,27,37-38,41-44,47-49H,3-4,6,8-10,12,14-16,19,22-24,26,28-36H2,1-2H3,(H,50,51,52)/b7-5-,13-11-,18-17-,21-20-,27-25-. The van der Waals surface area contributed by atoms with Gasteiger partial charge in [-0.05, 0) is 51.4 Å². The quantitative estimate of drug-likeness (QED) is 0.0211.